The summed E-state index contributed by atoms with van der Waals surface area (Å²) in [4.78, 5) is 8.01. The molecule has 78 valence electrons. The van der Waals surface area contributed by atoms with E-state index in [2.05, 4.69) is 9.97 Å². The summed E-state index contributed by atoms with van der Waals surface area (Å²) in [6.07, 6.45) is 1.69. The summed E-state index contributed by atoms with van der Waals surface area (Å²) in [6, 6.07) is 0. The lowest BCUT2D eigenvalue weighted by Gasteiger charge is -2.20. The van der Waals surface area contributed by atoms with Crippen molar-refractivity contribution in [1.82, 2.24) is 9.97 Å². The van der Waals surface area contributed by atoms with Crippen molar-refractivity contribution in [3.05, 3.63) is 11.8 Å². The van der Waals surface area contributed by atoms with Crippen molar-refractivity contribution >= 4 is 17.7 Å². The first-order chi connectivity index (χ1) is 6.44. The highest BCUT2D eigenvalue weighted by molar-refractivity contribution is 8.00. The summed E-state index contributed by atoms with van der Waals surface area (Å²) in [5, 5.41) is 9.95. The number of nitrogens with two attached hydrogens (primary N) is 1. The topological polar surface area (TPSA) is 72.0 Å². The molecule has 0 amide bonds. The summed E-state index contributed by atoms with van der Waals surface area (Å²) in [6.45, 7) is 5.93. The van der Waals surface area contributed by atoms with Crippen LogP contribution in [0.5, 0.6) is 0 Å². The van der Waals surface area contributed by atoms with Crippen LogP contribution in [0.3, 0.4) is 0 Å². The summed E-state index contributed by atoms with van der Waals surface area (Å²) in [5.74, 6) is 0.270. The van der Waals surface area contributed by atoms with E-state index >= 15 is 0 Å². The number of aliphatic hydroxyl groups is 1. The van der Waals surface area contributed by atoms with Gasteiger partial charge in [-0.1, -0.05) is 11.8 Å². The summed E-state index contributed by atoms with van der Waals surface area (Å²) in [7, 11) is 0. The Hall–Kier alpha value is -0.810. The number of hydrogen-bond donors (Lipinski definition) is 2. The van der Waals surface area contributed by atoms with E-state index in [0.717, 1.165) is 10.6 Å². The second kappa shape index (κ2) is 4.14. The molecule has 0 aliphatic heterocycles. The zero-order valence-corrected chi connectivity index (χ0v) is 9.43. The van der Waals surface area contributed by atoms with Crippen molar-refractivity contribution in [2.45, 2.75) is 30.5 Å². The van der Waals surface area contributed by atoms with Gasteiger partial charge in [-0.3, -0.25) is 0 Å². The second-order valence-electron chi connectivity index (χ2n) is 3.74. The molecule has 0 aromatic carbocycles. The Morgan fingerprint density at radius 1 is 1.57 bits per heavy atom. The van der Waals surface area contributed by atoms with Crippen LogP contribution in [-0.4, -0.2) is 26.4 Å². The molecule has 0 saturated carbocycles. The molecule has 0 radical (unpaired) electrons. The van der Waals surface area contributed by atoms with Gasteiger partial charge in [0.05, 0.1) is 6.61 Å². The maximum absolute atomic E-state index is 9.12. The third kappa shape index (κ3) is 2.85. The molecule has 3 N–H and O–H groups in total. The molecule has 0 bridgehead atoms. The lowest BCUT2D eigenvalue weighted by Crippen LogP contribution is -2.20. The van der Waals surface area contributed by atoms with Crippen molar-refractivity contribution in [2.24, 2.45) is 0 Å². The monoisotopic (exact) mass is 213 g/mol. The van der Waals surface area contributed by atoms with E-state index < -0.39 is 0 Å². The van der Waals surface area contributed by atoms with Gasteiger partial charge in [-0.15, -0.1) is 0 Å². The predicted molar refractivity (Wildman–Crippen MR) is 58.2 cm³/mol. The van der Waals surface area contributed by atoms with E-state index in [1.165, 1.54) is 11.8 Å². The largest absolute Gasteiger partial charge is 0.395 e. The third-order valence-electron chi connectivity index (χ3n) is 1.70. The van der Waals surface area contributed by atoms with Crippen molar-refractivity contribution in [3.8, 4) is 0 Å². The van der Waals surface area contributed by atoms with Crippen LogP contribution in [0, 0.1) is 6.92 Å². The Kier molecular flexibility index (Phi) is 3.34. The van der Waals surface area contributed by atoms with Crippen LogP contribution in [0.4, 0.5) is 5.95 Å². The molecule has 1 aromatic heterocycles. The van der Waals surface area contributed by atoms with Crippen LogP contribution in [0.1, 0.15) is 19.4 Å². The molecule has 0 unspecified atom stereocenters. The van der Waals surface area contributed by atoms with Gasteiger partial charge in [-0.05, 0) is 26.3 Å². The number of aromatic nitrogens is 2. The molecule has 1 heterocycles. The average Bonchev–Trinajstić information content (AvgIpc) is 2.11. The first-order valence-electron chi connectivity index (χ1n) is 4.33. The Morgan fingerprint density at radius 3 is 2.79 bits per heavy atom. The second-order valence-corrected chi connectivity index (χ2v) is 5.43. The SMILES string of the molecule is Cc1cnc(N)nc1SC(C)(C)CO. The molecular weight excluding hydrogens is 198 g/mol. The van der Waals surface area contributed by atoms with Gasteiger partial charge in [0.25, 0.3) is 0 Å². The quantitative estimate of drug-likeness (QED) is 0.583. The minimum atomic E-state index is -0.244. The number of rotatable bonds is 3. The molecule has 5 heteroatoms. The fraction of sp³-hybridized carbons (Fsp3) is 0.556. The van der Waals surface area contributed by atoms with Crippen LogP contribution in [0.25, 0.3) is 0 Å². The first kappa shape index (κ1) is 11.3. The number of thioether (sulfide) groups is 1. The van der Waals surface area contributed by atoms with Gasteiger partial charge >= 0.3 is 0 Å². The van der Waals surface area contributed by atoms with Crippen LogP contribution in [-0.2, 0) is 0 Å². The number of aliphatic hydroxyl groups excluding tert-OH is 1. The molecule has 0 aliphatic rings. The number of nitrogens with zero attached hydrogens (tertiary/aromatic N) is 2. The lowest BCUT2D eigenvalue weighted by molar-refractivity contribution is 0.265. The lowest BCUT2D eigenvalue weighted by atomic mass is 10.2. The first-order valence-corrected chi connectivity index (χ1v) is 5.15. The molecular formula is C9H15N3OS. The van der Waals surface area contributed by atoms with E-state index in [1.54, 1.807) is 6.20 Å². The number of hydrogen-bond acceptors (Lipinski definition) is 5. The van der Waals surface area contributed by atoms with Crippen molar-refractivity contribution < 1.29 is 5.11 Å². The summed E-state index contributed by atoms with van der Waals surface area (Å²) < 4.78 is -0.244. The Morgan fingerprint density at radius 2 is 2.21 bits per heavy atom. The van der Waals surface area contributed by atoms with E-state index in [-0.39, 0.29) is 17.3 Å². The van der Waals surface area contributed by atoms with Gasteiger partial charge in [0.2, 0.25) is 5.95 Å². The standard InChI is InChI=1S/C9H15N3OS/c1-6-4-11-8(10)12-7(6)14-9(2,3)5-13/h4,13H,5H2,1-3H3,(H2,10,11,12). The molecule has 4 nitrogen and oxygen atoms in total. The van der Waals surface area contributed by atoms with Crippen molar-refractivity contribution in [1.29, 1.82) is 0 Å². The molecule has 14 heavy (non-hydrogen) atoms. The van der Waals surface area contributed by atoms with Crippen molar-refractivity contribution in [2.75, 3.05) is 12.3 Å². The zero-order valence-electron chi connectivity index (χ0n) is 8.61. The fourth-order valence-corrected chi connectivity index (χ4v) is 1.78. The van der Waals surface area contributed by atoms with Crippen molar-refractivity contribution in [3.63, 3.8) is 0 Å². The Labute approximate surface area is 88.0 Å². The fourth-order valence-electron chi connectivity index (χ4n) is 0.837. The smallest absolute Gasteiger partial charge is 0.221 e. The van der Waals surface area contributed by atoms with E-state index in [1.807, 2.05) is 20.8 Å². The molecule has 1 aromatic rings. The normalized spacial score (nSPS) is 11.7. The van der Waals surface area contributed by atoms with Gasteiger partial charge < -0.3 is 10.8 Å². The Bertz CT molecular complexity index is 328. The molecule has 0 atom stereocenters. The van der Waals surface area contributed by atoms with Crippen LogP contribution < -0.4 is 5.73 Å². The zero-order chi connectivity index (χ0) is 10.8. The average molecular weight is 213 g/mol. The Balaban J connectivity index is 2.91. The highest BCUT2D eigenvalue weighted by Crippen LogP contribution is 2.32. The van der Waals surface area contributed by atoms with Gasteiger partial charge in [-0.2, -0.15) is 0 Å². The molecule has 0 saturated heterocycles. The molecule has 1 rings (SSSR count). The molecule has 0 spiro atoms. The number of anilines is 1. The maximum atomic E-state index is 9.12. The van der Waals surface area contributed by atoms with Crippen LogP contribution in [0.2, 0.25) is 0 Å². The van der Waals surface area contributed by atoms with Gasteiger partial charge in [0.1, 0.15) is 5.03 Å². The summed E-state index contributed by atoms with van der Waals surface area (Å²) in [5.41, 5.74) is 6.47. The minimum Gasteiger partial charge on any atom is -0.395 e. The minimum absolute atomic E-state index is 0.0982. The third-order valence-corrected chi connectivity index (χ3v) is 2.99. The highest BCUT2D eigenvalue weighted by atomic mass is 32.2. The number of nitrogen functional groups attached to an aromatic ring is 1. The predicted octanol–water partition coefficient (Wildman–Crippen LogP) is 1.23. The molecule has 0 aliphatic carbocycles. The number of aryl methyl sites for hydroxylation is 1. The maximum Gasteiger partial charge on any atom is 0.221 e. The van der Waals surface area contributed by atoms with E-state index in [9.17, 15) is 0 Å². The van der Waals surface area contributed by atoms with Gasteiger partial charge in [0.15, 0.2) is 0 Å². The van der Waals surface area contributed by atoms with Crippen LogP contribution in [0.15, 0.2) is 11.2 Å². The van der Waals surface area contributed by atoms with Gasteiger partial charge in [-0.25, -0.2) is 9.97 Å². The van der Waals surface area contributed by atoms with E-state index in [0.29, 0.717) is 0 Å². The molecule has 0 fully saturated rings. The van der Waals surface area contributed by atoms with Crippen LogP contribution >= 0.6 is 11.8 Å². The van der Waals surface area contributed by atoms with E-state index in [4.69, 9.17) is 10.8 Å². The summed E-state index contributed by atoms with van der Waals surface area (Å²) >= 11 is 1.51. The highest BCUT2D eigenvalue weighted by Gasteiger charge is 2.20. The van der Waals surface area contributed by atoms with Gasteiger partial charge in [0, 0.05) is 10.9 Å².